The Morgan fingerprint density at radius 1 is 1.21 bits per heavy atom. The maximum Gasteiger partial charge on any atom is 0.324 e. The summed E-state index contributed by atoms with van der Waals surface area (Å²) in [4.78, 5) is 36.8. The average Bonchev–Trinajstić information content (AvgIpc) is 3.28. The lowest BCUT2D eigenvalue weighted by Crippen LogP contribution is -2.39. The van der Waals surface area contributed by atoms with Gasteiger partial charge in [-0.1, -0.05) is 37.1 Å². The van der Waals surface area contributed by atoms with Crippen LogP contribution in [-0.2, 0) is 22.4 Å². The molecule has 7 nitrogen and oxygen atoms in total. The average molecular weight is 388 g/mol. The standard InChI is InChI=1S/C21H28N2O5/c24-18(16-6-1-2-7-16)10-11-23-17(20(27)22-21(23)28)13-15-5-3-4-14(12-15)8-9-19(25)26/h3-5,12,16-18,24H,1-2,6-11,13H2,(H,25,26)(H,22,27,28). The molecule has 1 aromatic rings. The molecule has 2 unspecified atom stereocenters. The van der Waals surface area contributed by atoms with Crippen molar-refractivity contribution in [2.45, 2.75) is 63.5 Å². The van der Waals surface area contributed by atoms with Crippen LogP contribution in [0.1, 0.15) is 49.7 Å². The van der Waals surface area contributed by atoms with E-state index in [0.717, 1.165) is 36.8 Å². The zero-order valence-electron chi connectivity index (χ0n) is 16.0. The van der Waals surface area contributed by atoms with Crippen molar-refractivity contribution in [1.29, 1.82) is 0 Å². The van der Waals surface area contributed by atoms with E-state index >= 15 is 0 Å². The molecule has 1 aliphatic heterocycles. The minimum atomic E-state index is -0.849. The second kappa shape index (κ2) is 9.19. The lowest BCUT2D eigenvalue weighted by molar-refractivity contribution is -0.137. The lowest BCUT2D eigenvalue weighted by atomic mass is 9.97. The topological polar surface area (TPSA) is 107 Å². The van der Waals surface area contributed by atoms with Gasteiger partial charge in [-0.25, -0.2) is 4.79 Å². The van der Waals surface area contributed by atoms with Crippen LogP contribution in [0.25, 0.3) is 0 Å². The van der Waals surface area contributed by atoms with Crippen LogP contribution in [-0.4, -0.2) is 51.7 Å². The van der Waals surface area contributed by atoms with E-state index in [1.807, 2.05) is 24.3 Å². The molecule has 7 heteroatoms. The molecule has 3 N–H and O–H groups in total. The number of carboxylic acids is 1. The van der Waals surface area contributed by atoms with Gasteiger partial charge >= 0.3 is 12.0 Å². The molecule has 2 fully saturated rings. The molecular weight excluding hydrogens is 360 g/mol. The van der Waals surface area contributed by atoms with Crippen LogP contribution in [0, 0.1) is 5.92 Å². The van der Waals surface area contributed by atoms with Crippen LogP contribution >= 0.6 is 0 Å². The summed E-state index contributed by atoms with van der Waals surface area (Å²) in [6.45, 7) is 0.346. The summed E-state index contributed by atoms with van der Waals surface area (Å²) < 4.78 is 0. The summed E-state index contributed by atoms with van der Waals surface area (Å²) >= 11 is 0. The third kappa shape index (κ3) is 5.10. The highest BCUT2D eigenvalue weighted by Gasteiger charge is 2.38. The number of aliphatic carboxylic acids is 1. The van der Waals surface area contributed by atoms with Gasteiger partial charge in [0, 0.05) is 19.4 Å². The number of aryl methyl sites for hydroxylation is 1. The van der Waals surface area contributed by atoms with Gasteiger partial charge < -0.3 is 15.1 Å². The third-order valence-electron chi connectivity index (χ3n) is 5.83. The van der Waals surface area contributed by atoms with Gasteiger partial charge in [-0.2, -0.15) is 0 Å². The number of carboxylic acid groups (broad SMARTS) is 1. The van der Waals surface area contributed by atoms with Gasteiger partial charge in [0.2, 0.25) is 0 Å². The number of hydrogen-bond acceptors (Lipinski definition) is 4. The Kier molecular flexibility index (Phi) is 6.67. The van der Waals surface area contributed by atoms with Crippen molar-refractivity contribution in [2.75, 3.05) is 6.54 Å². The lowest BCUT2D eigenvalue weighted by Gasteiger charge is -2.25. The van der Waals surface area contributed by atoms with E-state index in [1.165, 1.54) is 4.90 Å². The molecule has 1 aliphatic carbocycles. The van der Waals surface area contributed by atoms with Gasteiger partial charge in [-0.05, 0) is 42.7 Å². The first-order valence-corrected chi connectivity index (χ1v) is 10.0. The van der Waals surface area contributed by atoms with E-state index in [9.17, 15) is 19.5 Å². The van der Waals surface area contributed by atoms with E-state index in [-0.39, 0.29) is 12.3 Å². The predicted molar refractivity (Wildman–Crippen MR) is 103 cm³/mol. The van der Waals surface area contributed by atoms with Crippen molar-refractivity contribution < 1.29 is 24.6 Å². The summed E-state index contributed by atoms with van der Waals surface area (Å²) in [5.41, 5.74) is 1.78. The fraction of sp³-hybridized carbons (Fsp3) is 0.571. The van der Waals surface area contributed by atoms with Crippen LogP contribution in [0.5, 0.6) is 0 Å². The van der Waals surface area contributed by atoms with Gasteiger partial charge in [0.05, 0.1) is 6.10 Å². The molecule has 3 amide bonds. The number of nitrogens with zero attached hydrogens (tertiary/aromatic N) is 1. The molecule has 2 aliphatic rings. The van der Waals surface area contributed by atoms with Gasteiger partial charge in [0.15, 0.2) is 0 Å². The highest BCUT2D eigenvalue weighted by atomic mass is 16.4. The molecule has 2 atom stereocenters. The fourth-order valence-electron chi connectivity index (χ4n) is 4.24. The third-order valence-corrected chi connectivity index (χ3v) is 5.83. The zero-order chi connectivity index (χ0) is 20.1. The maximum absolute atomic E-state index is 12.3. The molecule has 0 aromatic heterocycles. The van der Waals surface area contributed by atoms with E-state index in [2.05, 4.69) is 5.32 Å². The summed E-state index contributed by atoms with van der Waals surface area (Å²) in [6, 6.07) is 6.47. The number of carbonyl (C=O) groups excluding carboxylic acids is 2. The molecular formula is C21H28N2O5. The van der Waals surface area contributed by atoms with Crippen molar-refractivity contribution in [3.8, 4) is 0 Å². The van der Waals surface area contributed by atoms with Crippen molar-refractivity contribution in [1.82, 2.24) is 10.2 Å². The Morgan fingerprint density at radius 3 is 2.64 bits per heavy atom. The number of rotatable bonds is 9. The highest BCUT2D eigenvalue weighted by molar-refractivity contribution is 6.04. The first-order valence-electron chi connectivity index (χ1n) is 10.0. The second-order valence-corrected chi connectivity index (χ2v) is 7.82. The molecule has 152 valence electrons. The Bertz CT molecular complexity index is 729. The monoisotopic (exact) mass is 388 g/mol. The first-order chi connectivity index (χ1) is 13.4. The van der Waals surface area contributed by atoms with E-state index in [0.29, 0.717) is 31.7 Å². The van der Waals surface area contributed by atoms with Crippen molar-refractivity contribution in [3.63, 3.8) is 0 Å². The molecule has 28 heavy (non-hydrogen) atoms. The van der Waals surface area contributed by atoms with E-state index in [4.69, 9.17) is 5.11 Å². The zero-order valence-corrected chi connectivity index (χ0v) is 16.0. The molecule has 3 rings (SSSR count). The number of aliphatic hydroxyl groups is 1. The molecule has 1 saturated heterocycles. The Morgan fingerprint density at radius 2 is 1.93 bits per heavy atom. The normalized spacial score (nSPS) is 21.2. The predicted octanol–water partition coefficient (Wildman–Crippen LogP) is 2.11. The number of carbonyl (C=O) groups is 3. The Hall–Kier alpha value is -2.41. The summed E-state index contributed by atoms with van der Waals surface area (Å²) in [7, 11) is 0. The second-order valence-electron chi connectivity index (χ2n) is 7.82. The van der Waals surface area contributed by atoms with Crippen molar-refractivity contribution >= 4 is 17.9 Å². The minimum Gasteiger partial charge on any atom is -0.481 e. The van der Waals surface area contributed by atoms with E-state index < -0.39 is 24.1 Å². The summed E-state index contributed by atoms with van der Waals surface area (Å²) in [5.74, 6) is -0.875. The maximum atomic E-state index is 12.3. The highest BCUT2D eigenvalue weighted by Crippen LogP contribution is 2.29. The van der Waals surface area contributed by atoms with Crippen molar-refractivity contribution in [2.24, 2.45) is 5.92 Å². The number of amides is 3. The number of aliphatic hydroxyl groups excluding tert-OH is 1. The van der Waals surface area contributed by atoms with Crippen LogP contribution in [0.4, 0.5) is 4.79 Å². The van der Waals surface area contributed by atoms with Crippen molar-refractivity contribution in [3.05, 3.63) is 35.4 Å². The number of nitrogens with one attached hydrogen (secondary N) is 1. The fourth-order valence-corrected chi connectivity index (χ4v) is 4.24. The van der Waals surface area contributed by atoms with Crippen LogP contribution < -0.4 is 5.32 Å². The number of hydrogen-bond donors (Lipinski definition) is 3. The van der Waals surface area contributed by atoms with Gasteiger partial charge in [0.1, 0.15) is 6.04 Å². The summed E-state index contributed by atoms with van der Waals surface area (Å²) in [6.07, 6.45) is 5.23. The molecule has 1 saturated carbocycles. The van der Waals surface area contributed by atoms with Gasteiger partial charge in [-0.15, -0.1) is 0 Å². The largest absolute Gasteiger partial charge is 0.481 e. The quantitative estimate of drug-likeness (QED) is 0.562. The molecule has 1 heterocycles. The molecule has 0 radical (unpaired) electrons. The van der Waals surface area contributed by atoms with Crippen LogP contribution in [0.2, 0.25) is 0 Å². The van der Waals surface area contributed by atoms with Gasteiger partial charge in [-0.3, -0.25) is 14.9 Å². The molecule has 0 bridgehead atoms. The smallest absolute Gasteiger partial charge is 0.324 e. The number of urea groups is 1. The Labute approximate surface area is 164 Å². The number of benzene rings is 1. The molecule has 1 aromatic carbocycles. The minimum absolute atomic E-state index is 0.0526. The van der Waals surface area contributed by atoms with Gasteiger partial charge in [0.25, 0.3) is 5.91 Å². The Balaban J connectivity index is 1.62. The van der Waals surface area contributed by atoms with E-state index in [1.54, 1.807) is 0 Å². The number of imide groups is 1. The van der Waals surface area contributed by atoms with Crippen LogP contribution in [0.15, 0.2) is 24.3 Å². The molecule has 0 spiro atoms. The first kappa shape index (κ1) is 20.3. The summed E-state index contributed by atoms with van der Waals surface area (Å²) in [5, 5.41) is 21.6. The SMILES string of the molecule is O=C(O)CCc1cccc(CC2C(=O)NC(=O)N2CCC(O)C2CCCC2)c1. The van der Waals surface area contributed by atoms with Crippen LogP contribution in [0.3, 0.4) is 0 Å².